The second kappa shape index (κ2) is 5.87. The zero-order valence-electron chi connectivity index (χ0n) is 11.0. The van der Waals surface area contributed by atoms with Crippen molar-refractivity contribution in [1.29, 1.82) is 0 Å². The molecule has 2 aliphatic heterocycles. The standard InChI is InChI=1S/C14H16INO4/c15-12-3-1-11(20-12)2-4-13(17)16-7-5-14(6-8-16)18-9-10-19-14/h1-4H,5-10H2/b4-2+. The lowest BCUT2D eigenvalue weighted by Gasteiger charge is -2.37. The Hall–Kier alpha value is -0.860. The minimum absolute atomic E-state index is 0.00394. The molecule has 0 atom stereocenters. The average Bonchev–Trinajstić information content (AvgIpc) is 3.07. The molecule has 1 amide bonds. The van der Waals surface area contributed by atoms with Crippen LogP contribution in [0.2, 0.25) is 0 Å². The summed E-state index contributed by atoms with van der Waals surface area (Å²) >= 11 is 2.10. The normalized spacial score (nSPS) is 21.9. The summed E-state index contributed by atoms with van der Waals surface area (Å²) in [5.74, 6) is 0.264. The number of amides is 1. The molecule has 1 spiro atoms. The van der Waals surface area contributed by atoms with E-state index in [9.17, 15) is 4.79 Å². The molecule has 2 aliphatic rings. The first kappa shape index (κ1) is 14.1. The number of piperidine rings is 1. The molecule has 0 bridgehead atoms. The summed E-state index contributed by atoms with van der Waals surface area (Å²) in [7, 11) is 0. The molecule has 6 heteroatoms. The summed E-state index contributed by atoms with van der Waals surface area (Å²) in [5, 5.41) is 0. The van der Waals surface area contributed by atoms with Crippen molar-refractivity contribution in [2.24, 2.45) is 0 Å². The first-order chi connectivity index (χ1) is 9.67. The zero-order valence-corrected chi connectivity index (χ0v) is 13.2. The van der Waals surface area contributed by atoms with E-state index in [0.29, 0.717) is 32.1 Å². The van der Waals surface area contributed by atoms with E-state index in [-0.39, 0.29) is 5.91 Å². The number of carbonyl (C=O) groups is 1. The highest BCUT2D eigenvalue weighted by molar-refractivity contribution is 14.1. The third-order valence-corrected chi connectivity index (χ3v) is 4.21. The van der Waals surface area contributed by atoms with E-state index in [4.69, 9.17) is 13.9 Å². The number of hydrogen-bond donors (Lipinski definition) is 0. The summed E-state index contributed by atoms with van der Waals surface area (Å²) in [6, 6.07) is 3.71. The lowest BCUT2D eigenvalue weighted by atomic mass is 10.0. The third-order valence-electron chi connectivity index (χ3n) is 3.63. The fraction of sp³-hybridized carbons (Fsp3) is 0.500. The van der Waals surface area contributed by atoms with Gasteiger partial charge >= 0.3 is 0 Å². The molecule has 0 saturated carbocycles. The molecule has 3 heterocycles. The molecule has 20 heavy (non-hydrogen) atoms. The molecule has 2 fully saturated rings. The SMILES string of the molecule is O=C(/C=C/c1ccc(I)o1)N1CCC2(CC1)OCCO2. The molecule has 3 rings (SSSR count). The van der Waals surface area contributed by atoms with Crippen LogP contribution in [0.1, 0.15) is 18.6 Å². The van der Waals surface area contributed by atoms with Gasteiger partial charge in [0.1, 0.15) is 5.76 Å². The fourth-order valence-corrected chi connectivity index (χ4v) is 2.96. The van der Waals surface area contributed by atoms with Gasteiger partial charge < -0.3 is 18.8 Å². The Kier molecular flexibility index (Phi) is 4.13. The van der Waals surface area contributed by atoms with Gasteiger partial charge in [-0.15, -0.1) is 0 Å². The average molecular weight is 389 g/mol. The van der Waals surface area contributed by atoms with E-state index in [1.165, 1.54) is 0 Å². The second-order valence-electron chi connectivity index (χ2n) is 4.91. The van der Waals surface area contributed by atoms with Crippen LogP contribution in [0.4, 0.5) is 0 Å². The van der Waals surface area contributed by atoms with Crippen molar-refractivity contribution in [2.45, 2.75) is 18.6 Å². The van der Waals surface area contributed by atoms with Gasteiger partial charge in [0.05, 0.1) is 13.2 Å². The van der Waals surface area contributed by atoms with Crippen molar-refractivity contribution in [3.8, 4) is 0 Å². The molecule has 1 aromatic rings. The van der Waals surface area contributed by atoms with Crippen molar-refractivity contribution in [3.63, 3.8) is 0 Å². The summed E-state index contributed by atoms with van der Waals surface area (Å²) in [4.78, 5) is 13.9. The van der Waals surface area contributed by atoms with Gasteiger partial charge in [-0.1, -0.05) is 0 Å². The molecule has 0 N–H and O–H groups in total. The lowest BCUT2D eigenvalue weighted by Crippen LogP contribution is -2.46. The Morgan fingerprint density at radius 2 is 1.95 bits per heavy atom. The topological polar surface area (TPSA) is 51.9 Å². The Bertz CT molecular complexity index is 509. The molecule has 5 nitrogen and oxygen atoms in total. The molecule has 0 aromatic carbocycles. The zero-order chi connectivity index (χ0) is 14.0. The summed E-state index contributed by atoms with van der Waals surface area (Å²) in [5.41, 5.74) is 0. The van der Waals surface area contributed by atoms with E-state index in [2.05, 4.69) is 22.6 Å². The van der Waals surface area contributed by atoms with E-state index < -0.39 is 5.79 Å². The highest BCUT2D eigenvalue weighted by atomic mass is 127. The van der Waals surface area contributed by atoms with Gasteiger partial charge in [-0.3, -0.25) is 4.79 Å². The van der Waals surface area contributed by atoms with Crippen LogP contribution in [0, 0.1) is 3.77 Å². The van der Waals surface area contributed by atoms with Gasteiger partial charge in [0.15, 0.2) is 9.55 Å². The Morgan fingerprint density at radius 1 is 1.25 bits per heavy atom. The van der Waals surface area contributed by atoms with E-state index in [1.54, 1.807) is 12.2 Å². The van der Waals surface area contributed by atoms with Gasteiger partial charge in [-0.2, -0.15) is 0 Å². The highest BCUT2D eigenvalue weighted by Gasteiger charge is 2.40. The van der Waals surface area contributed by atoms with Crippen molar-refractivity contribution in [1.82, 2.24) is 4.90 Å². The van der Waals surface area contributed by atoms with Crippen LogP contribution in [-0.4, -0.2) is 42.9 Å². The van der Waals surface area contributed by atoms with Crippen molar-refractivity contribution < 1.29 is 18.7 Å². The summed E-state index contributed by atoms with van der Waals surface area (Å²) in [6.07, 6.45) is 4.75. The number of furan rings is 1. The molecule has 2 saturated heterocycles. The minimum atomic E-state index is -0.433. The predicted octanol–water partition coefficient (Wildman–Crippen LogP) is 2.26. The smallest absolute Gasteiger partial charge is 0.246 e. The highest BCUT2D eigenvalue weighted by Crippen LogP contribution is 2.31. The van der Waals surface area contributed by atoms with Crippen LogP contribution in [0.5, 0.6) is 0 Å². The number of nitrogens with zero attached hydrogens (tertiary/aromatic N) is 1. The third kappa shape index (κ3) is 3.07. The second-order valence-corrected chi connectivity index (χ2v) is 5.97. The number of hydrogen-bond acceptors (Lipinski definition) is 4. The van der Waals surface area contributed by atoms with E-state index >= 15 is 0 Å². The Labute approximate surface area is 131 Å². The summed E-state index contributed by atoms with van der Waals surface area (Å²) < 4.78 is 17.5. The van der Waals surface area contributed by atoms with Crippen molar-refractivity contribution in [2.75, 3.05) is 26.3 Å². The Morgan fingerprint density at radius 3 is 2.55 bits per heavy atom. The van der Waals surface area contributed by atoms with E-state index in [0.717, 1.165) is 16.6 Å². The van der Waals surface area contributed by atoms with Gasteiger partial charge in [-0.25, -0.2) is 0 Å². The van der Waals surface area contributed by atoms with Crippen molar-refractivity contribution in [3.05, 3.63) is 27.7 Å². The van der Waals surface area contributed by atoms with Gasteiger partial charge in [0, 0.05) is 32.0 Å². The molecule has 0 aliphatic carbocycles. The Balaban J connectivity index is 1.55. The number of carbonyl (C=O) groups excluding carboxylic acids is 1. The number of likely N-dealkylation sites (tertiary alicyclic amines) is 1. The van der Waals surface area contributed by atoms with E-state index in [1.807, 2.05) is 17.0 Å². The quantitative estimate of drug-likeness (QED) is 0.575. The fourth-order valence-electron chi connectivity index (χ4n) is 2.53. The maximum Gasteiger partial charge on any atom is 0.246 e. The first-order valence-corrected chi connectivity index (χ1v) is 7.75. The number of halogens is 1. The van der Waals surface area contributed by atoms with Gasteiger partial charge in [0.25, 0.3) is 0 Å². The van der Waals surface area contributed by atoms with Crippen LogP contribution in [0.15, 0.2) is 22.6 Å². The number of rotatable bonds is 2. The van der Waals surface area contributed by atoms with Crippen LogP contribution in [0.3, 0.4) is 0 Å². The number of ether oxygens (including phenoxy) is 2. The minimum Gasteiger partial charge on any atom is -0.451 e. The monoisotopic (exact) mass is 389 g/mol. The molecular formula is C14H16INO4. The molecule has 1 aromatic heterocycles. The maximum absolute atomic E-state index is 12.1. The molecular weight excluding hydrogens is 373 g/mol. The van der Waals surface area contributed by atoms with Crippen LogP contribution >= 0.6 is 22.6 Å². The first-order valence-electron chi connectivity index (χ1n) is 6.67. The van der Waals surface area contributed by atoms with Crippen LogP contribution in [0.25, 0.3) is 6.08 Å². The van der Waals surface area contributed by atoms with Crippen LogP contribution < -0.4 is 0 Å². The molecule has 0 radical (unpaired) electrons. The van der Waals surface area contributed by atoms with Crippen molar-refractivity contribution >= 4 is 34.6 Å². The van der Waals surface area contributed by atoms with Gasteiger partial charge in [0.2, 0.25) is 5.91 Å². The summed E-state index contributed by atoms with van der Waals surface area (Å²) in [6.45, 7) is 2.65. The maximum atomic E-state index is 12.1. The molecule has 108 valence electrons. The van der Waals surface area contributed by atoms with Crippen LogP contribution in [-0.2, 0) is 14.3 Å². The largest absolute Gasteiger partial charge is 0.451 e. The predicted molar refractivity (Wildman–Crippen MR) is 80.9 cm³/mol. The molecule has 0 unspecified atom stereocenters. The van der Waals surface area contributed by atoms with Gasteiger partial charge in [-0.05, 0) is 40.8 Å². The lowest BCUT2D eigenvalue weighted by molar-refractivity contribution is -0.186.